The van der Waals surface area contributed by atoms with Gasteiger partial charge >= 0.3 is 6.03 Å². The van der Waals surface area contributed by atoms with Crippen LogP contribution in [-0.4, -0.2) is 64.7 Å². The molecule has 1 unspecified atom stereocenters. The molecule has 3 aromatic carbocycles. The number of fused-ring (bicyclic) bond motifs is 3. The first kappa shape index (κ1) is 30.8. The van der Waals surface area contributed by atoms with Crippen molar-refractivity contribution in [3.05, 3.63) is 101 Å². The van der Waals surface area contributed by atoms with Gasteiger partial charge in [-0.05, 0) is 92.4 Å². The Hall–Kier alpha value is -4.63. The van der Waals surface area contributed by atoms with E-state index in [-0.39, 0.29) is 17.8 Å². The summed E-state index contributed by atoms with van der Waals surface area (Å²) in [6.45, 7) is 9.53. The highest BCUT2D eigenvalue weighted by Crippen LogP contribution is 2.39. The van der Waals surface area contributed by atoms with Gasteiger partial charge in [-0.2, -0.15) is 0 Å². The van der Waals surface area contributed by atoms with E-state index in [4.69, 9.17) is 21.1 Å². The van der Waals surface area contributed by atoms with Gasteiger partial charge in [-0.15, -0.1) is 0 Å². The molecule has 2 aliphatic heterocycles. The normalized spacial score (nSPS) is 17.0. The molecule has 2 aliphatic rings. The number of halogens is 1. The third-order valence-corrected chi connectivity index (χ3v) is 8.49. The van der Waals surface area contributed by atoms with E-state index < -0.39 is 5.54 Å². The van der Waals surface area contributed by atoms with Crippen LogP contribution in [0.4, 0.5) is 4.79 Å². The molecule has 9 nitrogen and oxygen atoms in total. The van der Waals surface area contributed by atoms with Crippen LogP contribution < -0.4 is 14.8 Å². The van der Waals surface area contributed by atoms with Gasteiger partial charge in [-0.1, -0.05) is 30.3 Å². The highest BCUT2D eigenvalue weighted by atomic mass is 35.5. The zero-order valence-corrected chi connectivity index (χ0v) is 25.9. The molecule has 0 spiro atoms. The van der Waals surface area contributed by atoms with Gasteiger partial charge in [0.1, 0.15) is 17.2 Å². The van der Waals surface area contributed by atoms with Gasteiger partial charge in [-0.3, -0.25) is 4.79 Å². The minimum atomic E-state index is -0.413. The van der Waals surface area contributed by atoms with E-state index in [9.17, 15) is 14.7 Å². The molecule has 1 atom stereocenters. The number of hydrogen-bond acceptors (Lipinski definition) is 5. The summed E-state index contributed by atoms with van der Waals surface area (Å²) in [5.41, 5.74) is 4.34. The van der Waals surface area contributed by atoms with Crippen LogP contribution in [0.3, 0.4) is 0 Å². The number of methoxy groups -OCH3 is 1. The lowest BCUT2D eigenvalue weighted by molar-refractivity contribution is -0.120. The van der Waals surface area contributed by atoms with Gasteiger partial charge < -0.3 is 34.7 Å². The summed E-state index contributed by atoms with van der Waals surface area (Å²) in [5.74, 6) is 1.80. The third kappa shape index (κ3) is 6.33. The molecule has 3 N–H and O–H groups in total. The number of rotatable bonds is 8. The fourth-order valence-electron chi connectivity index (χ4n) is 5.64. The molecule has 4 aromatic rings. The number of benzene rings is 3. The van der Waals surface area contributed by atoms with E-state index in [1.54, 1.807) is 41.2 Å². The summed E-state index contributed by atoms with van der Waals surface area (Å²) in [7, 11) is 1.63. The zero-order chi connectivity index (χ0) is 31.4. The lowest BCUT2D eigenvalue weighted by Crippen LogP contribution is -2.42. The number of hydrogen-bond donors (Lipinski definition) is 3. The molecule has 6 rings (SSSR count). The SMILES string of the molecule is C=C1NC(=O)N(CCCOc2ccc(C3c4[nH]c5ccc(O)cc5c4CCN3C=O)cc2)C1(C)C.COc1ccc(Cl)cc1. The number of urea groups is 1. The Morgan fingerprint density at radius 2 is 1.80 bits per heavy atom. The summed E-state index contributed by atoms with van der Waals surface area (Å²) < 4.78 is 10.8. The maximum absolute atomic E-state index is 12.1. The number of aromatic nitrogens is 1. The van der Waals surface area contributed by atoms with E-state index in [0.29, 0.717) is 31.8 Å². The van der Waals surface area contributed by atoms with Gasteiger partial charge in [0.2, 0.25) is 6.41 Å². The number of aromatic hydroxyl groups is 1. The lowest BCUT2D eigenvalue weighted by Gasteiger charge is -2.33. The van der Waals surface area contributed by atoms with Crippen molar-refractivity contribution in [1.29, 1.82) is 0 Å². The Bertz CT molecular complexity index is 1650. The molecule has 1 aromatic heterocycles. The fraction of sp³-hybridized carbons (Fsp3) is 0.294. The standard InChI is InChI=1S/C27H30N4O4.C7H7ClO/c1-17-27(2,3)31(26(34)28-17)12-4-14-35-20-8-5-18(6-9-20)25-24-21(11-13-30(25)16-32)22-15-19(33)7-10-23(22)29-24;1-9-7-4-2-6(8)3-5-7/h5-10,15-16,25,29,33H,1,4,11-14H2,2-3H3,(H,28,34);2-5H,1H3. The van der Waals surface area contributed by atoms with Crippen LogP contribution in [0.25, 0.3) is 10.9 Å². The van der Waals surface area contributed by atoms with Crippen LogP contribution in [0.15, 0.2) is 79.0 Å². The van der Waals surface area contributed by atoms with Gasteiger partial charge in [0.05, 0.1) is 25.3 Å². The van der Waals surface area contributed by atoms with E-state index in [1.807, 2.05) is 56.3 Å². The number of nitrogens with zero attached hydrogens (tertiary/aromatic N) is 2. The van der Waals surface area contributed by atoms with Crippen molar-refractivity contribution in [2.75, 3.05) is 26.8 Å². The van der Waals surface area contributed by atoms with Crippen LogP contribution in [0, 0.1) is 0 Å². The summed E-state index contributed by atoms with van der Waals surface area (Å²) in [6, 6.07) is 20.0. The number of phenolic OH excluding ortho intramolecular Hbond substituents is 1. The number of amides is 3. The quantitative estimate of drug-likeness (QED) is 0.157. The number of ether oxygens (including phenoxy) is 2. The van der Waals surface area contributed by atoms with Crippen LogP contribution in [-0.2, 0) is 11.2 Å². The van der Waals surface area contributed by atoms with Crippen molar-refractivity contribution >= 4 is 34.9 Å². The van der Waals surface area contributed by atoms with Crippen molar-refractivity contribution in [1.82, 2.24) is 20.1 Å². The zero-order valence-electron chi connectivity index (χ0n) is 25.1. The third-order valence-electron chi connectivity index (χ3n) is 8.24. The summed E-state index contributed by atoms with van der Waals surface area (Å²) in [6.07, 6.45) is 2.32. The molecule has 230 valence electrons. The molecule has 1 saturated heterocycles. The summed E-state index contributed by atoms with van der Waals surface area (Å²) in [5, 5.41) is 14.5. The van der Waals surface area contributed by atoms with Crippen LogP contribution >= 0.6 is 11.6 Å². The molecule has 0 saturated carbocycles. The monoisotopic (exact) mass is 616 g/mol. The second-order valence-corrected chi connectivity index (χ2v) is 11.7. The predicted octanol–water partition coefficient (Wildman–Crippen LogP) is 6.41. The topological polar surface area (TPSA) is 107 Å². The molecule has 0 bridgehead atoms. The molecular formula is C34H37ClN4O5. The largest absolute Gasteiger partial charge is 0.508 e. The van der Waals surface area contributed by atoms with Crippen molar-refractivity contribution in [2.24, 2.45) is 0 Å². The highest BCUT2D eigenvalue weighted by molar-refractivity contribution is 6.30. The number of phenols is 1. The van der Waals surface area contributed by atoms with Gasteiger partial charge in [0, 0.05) is 40.4 Å². The van der Waals surface area contributed by atoms with Crippen molar-refractivity contribution in [2.45, 2.75) is 38.3 Å². The number of carbonyl (C=O) groups is 2. The first-order chi connectivity index (χ1) is 21.1. The lowest BCUT2D eigenvalue weighted by atomic mass is 9.93. The predicted molar refractivity (Wildman–Crippen MR) is 171 cm³/mol. The van der Waals surface area contributed by atoms with E-state index in [0.717, 1.165) is 57.1 Å². The first-order valence-electron chi connectivity index (χ1n) is 14.5. The molecule has 10 heteroatoms. The molecule has 0 radical (unpaired) electrons. The highest BCUT2D eigenvalue weighted by Gasteiger charge is 2.40. The van der Waals surface area contributed by atoms with E-state index >= 15 is 0 Å². The molecule has 44 heavy (non-hydrogen) atoms. The number of nitrogens with one attached hydrogen (secondary N) is 2. The van der Waals surface area contributed by atoms with Crippen molar-refractivity contribution in [3.8, 4) is 17.2 Å². The molecular weight excluding hydrogens is 580 g/mol. The fourth-order valence-corrected chi connectivity index (χ4v) is 5.77. The smallest absolute Gasteiger partial charge is 0.322 e. The summed E-state index contributed by atoms with van der Waals surface area (Å²) >= 11 is 5.61. The Balaban J connectivity index is 0.000000367. The van der Waals surface area contributed by atoms with E-state index in [1.165, 1.54) is 0 Å². The van der Waals surface area contributed by atoms with Crippen LogP contribution in [0.1, 0.15) is 43.1 Å². The minimum absolute atomic E-state index is 0.122. The van der Waals surface area contributed by atoms with Crippen LogP contribution in [0.2, 0.25) is 5.02 Å². The Morgan fingerprint density at radius 3 is 2.43 bits per heavy atom. The molecule has 1 fully saturated rings. The maximum atomic E-state index is 12.1. The van der Waals surface area contributed by atoms with Crippen molar-refractivity contribution < 1.29 is 24.2 Å². The number of carbonyl (C=O) groups excluding carboxylic acids is 2. The van der Waals surface area contributed by atoms with Gasteiger partial charge in [0.15, 0.2) is 0 Å². The van der Waals surface area contributed by atoms with Gasteiger partial charge in [0.25, 0.3) is 0 Å². The molecule has 0 aliphatic carbocycles. The Kier molecular flexibility index (Phi) is 9.06. The maximum Gasteiger partial charge on any atom is 0.322 e. The average molecular weight is 617 g/mol. The summed E-state index contributed by atoms with van der Waals surface area (Å²) in [4.78, 5) is 31.0. The van der Waals surface area contributed by atoms with E-state index in [2.05, 4.69) is 16.9 Å². The number of H-pyrrole nitrogens is 1. The average Bonchev–Trinajstić information content (AvgIpc) is 3.47. The Labute approximate surface area is 262 Å². The number of aromatic amines is 1. The first-order valence-corrected chi connectivity index (χ1v) is 14.8. The van der Waals surface area contributed by atoms with Gasteiger partial charge in [-0.25, -0.2) is 4.79 Å². The second-order valence-electron chi connectivity index (χ2n) is 11.3. The molecule has 3 amide bonds. The van der Waals surface area contributed by atoms with Crippen molar-refractivity contribution in [3.63, 3.8) is 0 Å². The molecule has 3 heterocycles. The Morgan fingerprint density at radius 1 is 1.09 bits per heavy atom. The minimum Gasteiger partial charge on any atom is -0.508 e. The van der Waals surface area contributed by atoms with Crippen LogP contribution in [0.5, 0.6) is 17.2 Å². The second kappa shape index (κ2) is 12.9.